The van der Waals surface area contributed by atoms with Crippen molar-refractivity contribution < 1.29 is 9.32 Å². The van der Waals surface area contributed by atoms with Gasteiger partial charge < -0.3 is 4.52 Å². The highest BCUT2D eigenvalue weighted by atomic mass is 32.2. The number of hydrogen-bond acceptors (Lipinski definition) is 6. The molecule has 0 amide bonds. The topological polar surface area (TPSA) is 56.0 Å². The van der Waals surface area contributed by atoms with Crippen LogP contribution in [0.3, 0.4) is 0 Å². The fourth-order valence-corrected chi connectivity index (χ4v) is 5.71. The van der Waals surface area contributed by atoms with Gasteiger partial charge in [-0.15, -0.1) is 11.8 Å². The molecule has 3 rings (SSSR count). The van der Waals surface area contributed by atoms with Crippen LogP contribution in [0.15, 0.2) is 4.52 Å². The second-order valence-electron chi connectivity index (χ2n) is 5.01. The average Bonchev–Trinajstić information content (AvgIpc) is 3.07. The molecule has 0 bridgehead atoms. The van der Waals surface area contributed by atoms with Crippen molar-refractivity contribution in [2.24, 2.45) is 0 Å². The van der Waals surface area contributed by atoms with E-state index in [1.165, 1.54) is 5.75 Å². The Bertz CT molecular complexity index is 463. The first-order valence-corrected chi connectivity index (χ1v) is 8.98. The number of Topliss-reactive ketones (excluding diaryl/α,β-unsaturated/α-hetero) is 1. The van der Waals surface area contributed by atoms with Gasteiger partial charge in [-0.3, -0.25) is 4.79 Å². The molecule has 0 spiro atoms. The summed E-state index contributed by atoms with van der Waals surface area (Å²) >= 11 is 3.91. The van der Waals surface area contributed by atoms with Crippen molar-refractivity contribution in [3.63, 3.8) is 0 Å². The van der Waals surface area contributed by atoms with Crippen LogP contribution in [0.4, 0.5) is 0 Å². The lowest BCUT2D eigenvalue weighted by atomic mass is 10.1. The zero-order valence-electron chi connectivity index (χ0n) is 11.0. The molecule has 6 heteroatoms. The van der Waals surface area contributed by atoms with Crippen LogP contribution in [-0.4, -0.2) is 32.7 Å². The number of hydrogen-bond donors (Lipinski definition) is 0. The molecule has 4 nitrogen and oxygen atoms in total. The highest BCUT2D eigenvalue weighted by Gasteiger charge is 2.34. The lowest BCUT2D eigenvalue weighted by molar-refractivity contribution is -0.119. The fraction of sp³-hybridized carbons (Fsp3) is 0.769. The van der Waals surface area contributed by atoms with E-state index >= 15 is 0 Å². The second-order valence-corrected chi connectivity index (χ2v) is 7.61. The summed E-state index contributed by atoms with van der Waals surface area (Å²) < 4.78 is 5.36. The summed E-state index contributed by atoms with van der Waals surface area (Å²) in [7, 11) is 0. The minimum absolute atomic E-state index is 0.137. The van der Waals surface area contributed by atoms with Gasteiger partial charge in [0.2, 0.25) is 5.89 Å². The van der Waals surface area contributed by atoms with E-state index in [1.54, 1.807) is 0 Å². The van der Waals surface area contributed by atoms with Gasteiger partial charge in [-0.25, -0.2) is 0 Å². The van der Waals surface area contributed by atoms with E-state index in [2.05, 4.69) is 17.1 Å². The molecule has 2 heterocycles. The summed E-state index contributed by atoms with van der Waals surface area (Å²) in [5, 5.41) is 5.02. The van der Waals surface area contributed by atoms with Gasteiger partial charge in [-0.1, -0.05) is 12.1 Å². The highest BCUT2D eigenvalue weighted by Crippen LogP contribution is 2.43. The Morgan fingerprint density at radius 3 is 2.95 bits per heavy atom. The predicted molar refractivity (Wildman–Crippen MR) is 77.6 cm³/mol. The molecule has 1 aliphatic heterocycles. The van der Waals surface area contributed by atoms with E-state index in [0.717, 1.165) is 30.8 Å². The fourth-order valence-electron chi connectivity index (χ4n) is 2.72. The number of thioether (sulfide) groups is 2. The summed E-state index contributed by atoms with van der Waals surface area (Å²) in [6, 6.07) is 0. The molecule has 1 aromatic rings. The summed E-state index contributed by atoms with van der Waals surface area (Å²) in [5.74, 6) is 3.79. The first kappa shape index (κ1) is 13.5. The molecular formula is C13H18N2O2S2. The lowest BCUT2D eigenvalue weighted by Crippen LogP contribution is -2.19. The minimum Gasteiger partial charge on any atom is -0.339 e. The molecule has 0 N–H and O–H groups in total. The number of ketones is 1. The van der Waals surface area contributed by atoms with Crippen molar-refractivity contribution in [1.29, 1.82) is 0 Å². The van der Waals surface area contributed by atoms with Crippen LogP contribution in [0.2, 0.25) is 0 Å². The Balaban J connectivity index is 1.78. The van der Waals surface area contributed by atoms with Crippen molar-refractivity contribution in [2.45, 2.75) is 49.0 Å². The third kappa shape index (κ3) is 2.70. The van der Waals surface area contributed by atoms with E-state index < -0.39 is 0 Å². The Morgan fingerprint density at radius 1 is 1.37 bits per heavy atom. The molecule has 1 aliphatic carbocycles. The normalized spacial score (nSPS) is 31.8. The molecule has 3 unspecified atom stereocenters. The summed E-state index contributed by atoms with van der Waals surface area (Å²) in [5.41, 5.74) is 0. The molecule has 2 aliphatic rings. The van der Waals surface area contributed by atoms with E-state index in [1.807, 2.05) is 23.5 Å². The molecule has 3 atom stereocenters. The Hall–Kier alpha value is -0.490. The first-order valence-electron chi connectivity index (χ1n) is 6.89. The molecular weight excluding hydrogens is 280 g/mol. The second kappa shape index (κ2) is 5.87. The third-order valence-electron chi connectivity index (χ3n) is 3.77. The summed E-state index contributed by atoms with van der Waals surface area (Å²) in [6.07, 6.45) is 3.60. The quantitative estimate of drug-likeness (QED) is 0.854. The smallest absolute Gasteiger partial charge is 0.237 e. The molecule has 2 fully saturated rings. The van der Waals surface area contributed by atoms with Crippen molar-refractivity contribution >= 4 is 29.3 Å². The highest BCUT2D eigenvalue weighted by molar-refractivity contribution is 8.06. The van der Waals surface area contributed by atoms with Crippen molar-refractivity contribution in [2.75, 3.05) is 11.5 Å². The summed E-state index contributed by atoms with van der Waals surface area (Å²) in [4.78, 5) is 16.3. The molecule has 0 aromatic carbocycles. The van der Waals surface area contributed by atoms with Crippen LogP contribution in [-0.2, 0) is 4.79 Å². The standard InChI is InChI=1S/C13H18N2O2S2/c1-2-10-11(19-7-6-18-10)12-14-13(17-15-12)8-4-3-5-9(8)16/h8,10-11H,2-7H2,1H3. The van der Waals surface area contributed by atoms with Crippen molar-refractivity contribution in [1.82, 2.24) is 10.1 Å². The average molecular weight is 298 g/mol. The van der Waals surface area contributed by atoms with E-state index in [9.17, 15) is 4.79 Å². The molecule has 1 saturated carbocycles. The van der Waals surface area contributed by atoms with Gasteiger partial charge in [0.15, 0.2) is 5.82 Å². The van der Waals surface area contributed by atoms with Gasteiger partial charge in [0.05, 0.1) is 11.2 Å². The number of rotatable bonds is 3. The van der Waals surface area contributed by atoms with Crippen LogP contribution in [0.1, 0.15) is 55.5 Å². The predicted octanol–water partition coefficient (Wildman–Crippen LogP) is 3.21. The zero-order chi connectivity index (χ0) is 13.2. The van der Waals surface area contributed by atoms with Gasteiger partial charge in [-0.2, -0.15) is 16.7 Å². The van der Waals surface area contributed by atoms with Crippen LogP contribution >= 0.6 is 23.5 Å². The SMILES string of the molecule is CCC1SCCSC1c1noc(C2CCCC2=O)n1. The lowest BCUT2D eigenvalue weighted by Gasteiger charge is -2.27. The Kier molecular flexibility index (Phi) is 4.17. The van der Waals surface area contributed by atoms with E-state index in [0.29, 0.717) is 22.8 Å². The minimum atomic E-state index is -0.137. The largest absolute Gasteiger partial charge is 0.339 e. The van der Waals surface area contributed by atoms with E-state index in [-0.39, 0.29) is 11.7 Å². The maximum atomic E-state index is 11.7. The molecule has 19 heavy (non-hydrogen) atoms. The van der Waals surface area contributed by atoms with Gasteiger partial charge in [0, 0.05) is 23.2 Å². The van der Waals surface area contributed by atoms with Crippen LogP contribution in [0.5, 0.6) is 0 Å². The van der Waals surface area contributed by atoms with Gasteiger partial charge in [-0.05, 0) is 19.3 Å². The number of carbonyl (C=O) groups excluding carboxylic acids is 1. The maximum absolute atomic E-state index is 11.7. The molecule has 1 saturated heterocycles. The molecule has 1 aromatic heterocycles. The van der Waals surface area contributed by atoms with E-state index in [4.69, 9.17) is 4.52 Å². The molecule has 104 valence electrons. The number of nitrogens with zero attached hydrogens (tertiary/aromatic N) is 2. The van der Waals surface area contributed by atoms with Crippen LogP contribution in [0.25, 0.3) is 0 Å². The van der Waals surface area contributed by atoms with Crippen LogP contribution < -0.4 is 0 Å². The van der Waals surface area contributed by atoms with Gasteiger partial charge in [0.25, 0.3) is 0 Å². The Labute approximate surface area is 121 Å². The van der Waals surface area contributed by atoms with Gasteiger partial charge >= 0.3 is 0 Å². The van der Waals surface area contributed by atoms with Crippen LogP contribution in [0, 0.1) is 0 Å². The van der Waals surface area contributed by atoms with Crippen molar-refractivity contribution in [3.8, 4) is 0 Å². The zero-order valence-corrected chi connectivity index (χ0v) is 12.6. The monoisotopic (exact) mass is 298 g/mol. The number of carbonyl (C=O) groups is 1. The maximum Gasteiger partial charge on any atom is 0.237 e. The van der Waals surface area contributed by atoms with Crippen molar-refractivity contribution in [3.05, 3.63) is 11.7 Å². The molecule has 0 radical (unpaired) electrons. The summed E-state index contributed by atoms with van der Waals surface area (Å²) in [6.45, 7) is 2.21. The van der Waals surface area contributed by atoms with Gasteiger partial charge in [0.1, 0.15) is 5.78 Å². The first-order chi connectivity index (χ1) is 9.29. The number of aromatic nitrogens is 2. The Morgan fingerprint density at radius 2 is 2.21 bits per heavy atom. The third-order valence-corrected chi connectivity index (χ3v) is 7.01.